The highest BCUT2D eigenvalue weighted by Crippen LogP contribution is 2.18. The zero-order valence-corrected chi connectivity index (χ0v) is 12.0. The van der Waals surface area contributed by atoms with Crippen LogP contribution < -0.4 is 5.32 Å². The average molecular weight is 265 g/mol. The van der Waals surface area contributed by atoms with Gasteiger partial charge < -0.3 is 15.5 Å². The van der Waals surface area contributed by atoms with Crippen molar-refractivity contribution in [3.8, 4) is 5.75 Å². The van der Waals surface area contributed by atoms with E-state index in [2.05, 4.69) is 5.32 Å². The highest BCUT2D eigenvalue weighted by atomic mass is 16.3. The molecule has 1 unspecified atom stereocenters. The number of phenolic OH excluding ortho intramolecular Hbond substituents is 1. The zero-order chi connectivity index (χ0) is 14.6. The molecule has 0 aliphatic heterocycles. The van der Waals surface area contributed by atoms with Gasteiger partial charge in [-0.15, -0.1) is 0 Å². The number of carbonyl (C=O) groups is 1. The maximum absolute atomic E-state index is 11.9. The first-order valence-corrected chi connectivity index (χ1v) is 6.51. The van der Waals surface area contributed by atoms with Gasteiger partial charge in [-0.1, -0.05) is 13.8 Å². The van der Waals surface area contributed by atoms with Crippen molar-refractivity contribution >= 4 is 5.91 Å². The molecule has 3 N–H and O–H groups in total. The summed E-state index contributed by atoms with van der Waals surface area (Å²) in [7, 11) is 0. The van der Waals surface area contributed by atoms with E-state index in [4.69, 9.17) is 0 Å². The minimum absolute atomic E-state index is 0.170. The number of hydrogen-bond acceptors (Lipinski definition) is 3. The Bertz CT molecular complexity index is 453. The average Bonchev–Trinajstić information content (AvgIpc) is 2.28. The molecular weight excluding hydrogens is 242 g/mol. The van der Waals surface area contributed by atoms with Crippen molar-refractivity contribution in [2.45, 2.75) is 39.7 Å². The summed E-state index contributed by atoms with van der Waals surface area (Å²) in [6, 6.07) is 4.69. The monoisotopic (exact) mass is 265 g/mol. The molecule has 0 spiro atoms. The maximum atomic E-state index is 11.9. The van der Waals surface area contributed by atoms with Crippen LogP contribution in [0.5, 0.6) is 5.75 Å². The molecule has 0 fully saturated rings. The molecule has 0 radical (unpaired) electrons. The van der Waals surface area contributed by atoms with E-state index in [1.807, 2.05) is 13.8 Å². The van der Waals surface area contributed by atoms with Crippen molar-refractivity contribution in [2.75, 3.05) is 6.54 Å². The second-order valence-corrected chi connectivity index (χ2v) is 5.78. The summed E-state index contributed by atoms with van der Waals surface area (Å²) < 4.78 is 0. The van der Waals surface area contributed by atoms with Crippen molar-refractivity contribution < 1.29 is 15.0 Å². The third-order valence-electron chi connectivity index (χ3n) is 2.94. The van der Waals surface area contributed by atoms with E-state index in [1.165, 1.54) is 6.07 Å². The van der Waals surface area contributed by atoms with Crippen LogP contribution >= 0.6 is 0 Å². The zero-order valence-electron chi connectivity index (χ0n) is 12.0. The topological polar surface area (TPSA) is 69.6 Å². The number of carbonyl (C=O) groups excluding carboxylic acids is 1. The van der Waals surface area contributed by atoms with E-state index >= 15 is 0 Å². The maximum Gasteiger partial charge on any atom is 0.251 e. The van der Waals surface area contributed by atoms with Crippen LogP contribution in [-0.4, -0.2) is 28.3 Å². The van der Waals surface area contributed by atoms with Crippen LogP contribution in [0, 0.1) is 12.8 Å². The van der Waals surface area contributed by atoms with Crippen LogP contribution in [-0.2, 0) is 0 Å². The first-order valence-electron chi connectivity index (χ1n) is 6.51. The number of amides is 1. The first kappa shape index (κ1) is 15.5. The predicted molar refractivity (Wildman–Crippen MR) is 75.3 cm³/mol. The van der Waals surface area contributed by atoms with E-state index in [0.717, 1.165) is 0 Å². The van der Waals surface area contributed by atoms with E-state index in [-0.39, 0.29) is 18.2 Å². The summed E-state index contributed by atoms with van der Waals surface area (Å²) in [5.41, 5.74) is 0.229. The minimum atomic E-state index is -0.907. The molecule has 1 rings (SSSR count). The van der Waals surface area contributed by atoms with Crippen molar-refractivity contribution in [2.24, 2.45) is 5.92 Å². The lowest BCUT2D eigenvalue weighted by molar-refractivity contribution is 0.0368. The third-order valence-corrected chi connectivity index (χ3v) is 2.94. The summed E-state index contributed by atoms with van der Waals surface area (Å²) in [5, 5.41) is 22.3. The molecule has 4 nitrogen and oxygen atoms in total. The van der Waals surface area contributed by atoms with Gasteiger partial charge in [-0.2, -0.15) is 0 Å². The lowest BCUT2D eigenvalue weighted by Crippen LogP contribution is -2.41. The number of phenols is 1. The Balaban J connectivity index is 2.62. The summed E-state index contributed by atoms with van der Waals surface area (Å²) in [6.45, 7) is 7.72. The Morgan fingerprint density at radius 3 is 2.58 bits per heavy atom. The molecule has 0 aliphatic rings. The van der Waals surface area contributed by atoms with E-state index < -0.39 is 5.60 Å². The molecule has 0 saturated carbocycles. The van der Waals surface area contributed by atoms with Gasteiger partial charge in [0.2, 0.25) is 0 Å². The fourth-order valence-electron chi connectivity index (χ4n) is 2.12. The molecule has 106 valence electrons. The highest BCUT2D eigenvalue weighted by molar-refractivity contribution is 5.94. The van der Waals surface area contributed by atoms with Gasteiger partial charge in [0.1, 0.15) is 5.75 Å². The third kappa shape index (κ3) is 4.91. The van der Waals surface area contributed by atoms with Crippen LogP contribution in [0.2, 0.25) is 0 Å². The smallest absolute Gasteiger partial charge is 0.251 e. The fourth-order valence-corrected chi connectivity index (χ4v) is 2.12. The van der Waals surface area contributed by atoms with E-state index in [0.29, 0.717) is 23.5 Å². The Hall–Kier alpha value is -1.55. The molecule has 1 amide bonds. The molecule has 4 heteroatoms. The number of aryl methyl sites for hydroxylation is 1. The van der Waals surface area contributed by atoms with Crippen molar-refractivity contribution in [1.82, 2.24) is 5.32 Å². The summed E-state index contributed by atoms with van der Waals surface area (Å²) >= 11 is 0. The normalized spacial score (nSPS) is 14.2. The summed E-state index contributed by atoms with van der Waals surface area (Å²) in [4.78, 5) is 11.9. The van der Waals surface area contributed by atoms with Crippen LogP contribution in [0.1, 0.15) is 43.1 Å². The van der Waals surface area contributed by atoms with Gasteiger partial charge in [0, 0.05) is 12.1 Å². The van der Waals surface area contributed by atoms with Gasteiger partial charge in [0.05, 0.1) is 5.60 Å². The second kappa shape index (κ2) is 6.06. The van der Waals surface area contributed by atoms with Crippen LogP contribution in [0.4, 0.5) is 0 Å². The standard InChI is InChI=1S/C15H23NO3/c1-10(2)8-15(4,19)9-16-14(18)12-5-6-13(17)11(3)7-12/h5-7,10,17,19H,8-9H2,1-4H3,(H,16,18). The molecule has 19 heavy (non-hydrogen) atoms. The fraction of sp³-hybridized carbons (Fsp3) is 0.533. The van der Waals surface area contributed by atoms with Gasteiger partial charge in [-0.25, -0.2) is 0 Å². The first-order chi connectivity index (χ1) is 8.71. The van der Waals surface area contributed by atoms with Gasteiger partial charge in [0.15, 0.2) is 0 Å². The predicted octanol–water partition coefficient (Wildman–Crippen LogP) is 2.23. The van der Waals surface area contributed by atoms with E-state index in [1.54, 1.807) is 26.0 Å². The largest absolute Gasteiger partial charge is 0.508 e. The van der Waals surface area contributed by atoms with Gasteiger partial charge in [-0.05, 0) is 49.9 Å². The number of rotatable bonds is 5. The van der Waals surface area contributed by atoms with Crippen molar-refractivity contribution in [3.63, 3.8) is 0 Å². The van der Waals surface area contributed by atoms with Crippen molar-refractivity contribution in [1.29, 1.82) is 0 Å². The molecule has 0 aliphatic carbocycles. The van der Waals surface area contributed by atoms with Gasteiger partial charge in [-0.3, -0.25) is 4.79 Å². The Morgan fingerprint density at radius 2 is 2.05 bits per heavy atom. The lowest BCUT2D eigenvalue weighted by atomic mass is 9.94. The number of hydrogen-bond donors (Lipinski definition) is 3. The summed E-state index contributed by atoms with van der Waals surface area (Å²) in [5.74, 6) is 0.290. The number of aliphatic hydroxyl groups is 1. The lowest BCUT2D eigenvalue weighted by Gasteiger charge is -2.25. The molecule has 1 atom stereocenters. The Labute approximate surface area is 114 Å². The molecule has 0 heterocycles. The Morgan fingerprint density at radius 1 is 1.42 bits per heavy atom. The van der Waals surface area contributed by atoms with Crippen LogP contribution in [0.3, 0.4) is 0 Å². The molecular formula is C15H23NO3. The number of aromatic hydroxyl groups is 1. The molecule has 1 aromatic carbocycles. The Kier molecular flexibility index (Phi) is 4.95. The SMILES string of the molecule is Cc1cc(C(=O)NCC(C)(O)CC(C)C)ccc1O. The van der Waals surface area contributed by atoms with Crippen LogP contribution in [0.15, 0.2) is 18.2 Å². The molecule has 0 aromatic heterocycles. The van der Waals surface area contributed by atoms with Gasteiger partial charge >= 0.3 is 0 Å². The second-order valence-electron chi connectivity index (χ2n) is 5.78. The molecule has 0 saturated heterocycles. The van der Waals surface area contributed by atoms with Crippen molar-refractivity contribution in [3.05, 3.63) is 29.3 Å². The molecule has 0 bridgehead atoms. The highest BCUT2D eigenvalue weighted by Gasteiger charge is 2.22. The minimum Gasteiger partial charge on any atom is -0.508 e. The number of nitrogens with one attached hydrogen (secondary N) is 1. The quantitative estimate of drug-likeness (QED) is 0.764. The van der Waals surface area contributed by atoms with Gasteiger partial charge in [0.25, 0.3) is 5.91 Å². The number of benzene rings is 1. The van der Waals surface area contributed by atoms with E-state index in [9.17, 15) is 15.0 Å². The van der Waals surface area contributed by atoms with Crippen LogP contribution in [0.25, 0.3) is 0 Å². The molecule has 1 aromatic rings. The summed E-state index contributed by atoms with van der Waals surface area (Å²) in [6.07, 6.45) is 0.627.